The number of rotatable bonds is 5. The van der Waals surface area contributed by atoms with E-state index in [2.05, 4.69) is 15.5 Å². The molecular formula is C7H13N3O2. The third-order valence-corrected chi connectivity index (χ3v) is 1.37. The second kappa shape index (κ2) is 4.84. The molecule has 0 aromatic carbocycles. The van der Waals surface area contributed by atoms with E-state index >= 15 is 0 Å². The summed E-state index contributed by atoms with van der Waals surface area (Å²) in [6.45, 7) is 1.25. The van der Waals surface area contributed by atoms with Gasteiger partial charge in [0.15, 0.2) is 5.82 Å². The topological polar surface area (TPSA) is 60.2 Å². The fourth-order valence-electron chi connectivity index (χ4n) is 0.811. The van der Waals surface area contributed by atoms with Crippen LogP contribution in [0.5, 0.6) is 0 Å². The van der Waals surface area contributed by atoms with Gasteiger partial charge in [-0.15, -0.1) is 0 Å². The Morgan fingerprint density at radius 1 is 1.58 bits per heavy atom. The smallest absolute Gasteiger partial charge is 0.229 e. The van der Waals surface area contributed by atoms with Gasteiger partial charge in [-0.05, 0) is 7.05 Å². The second-order valence-corrected chi connectivity index (χ2v) is 2.38. The summed E-state index contributed by atoms with van der Waals surface area (Å²) in [5.74, 6) is 1.31. The maximum atomic E-state index is 4.94. The van der Waals surface area contributed by atoms with Crippen LogP contribution in [0, 0.1) is 0 Å². The predicted molar refractivity (Wildman–Crippen MR) is 42.6 cm³/mol. The number of methoxy groups -OCH3 is 1. The van der Waals surface area contributed by atoms with Gasteiger partial charge in [0, 0.05) is 7.11 Å². The van der Waals surface area contributed by atoms with Crippen LogP contribution in [0.2, 0.25) is 0 Å². The van der Waals surface area contributed by atoms with Crippen molar-refractivity contribution in [2.24, 2.45) is 0 Å². The highest BCUT2D eigenvalue weighted by molar-refractivity contribution is 4.85. The number of hydrogen-bond donors (Lipinski definition) is 1. The van der Waals surface area contributed by atoms with E-state index in [0.717, 1.165) is 0 Å². The molecule has 1 N–H and O–H groups in total. The molecule has 0 radical (unpaired) electrons. The zero-order valence-corrected chi connectivity index (χ0v) is 7.33. The Labute approximate surface area is 71.1 Å². The van der Waals surface area contributed by atoms with E-state index in [1.54, 1.807) is 7.11 Å². The number of nitrogens with one attached hydrogen (secondary N) is 1. The van der Waals surface area contributed by atoms with Gasteiger partial charge in [-0.1, -0.05) is 5.16 Å². The van der Waals surface area contributed by atoms with Gasteiger partial charge >= 0.3 is 0 Å². The van der Waals surface area contributed by atoms with E-state index in [1.807, 2.05) is 7.05 Å². The molecule has 0 bridgehead atoms. The summed E-state index contributed by atoms with van der Waals surface area (Å²) in [5.41, 5.74) is 0. The van der Waals surface area contributed by atoms with Crippen LogP contribution in [0.4, 0.5) is 0 Å². The first-order valence-corrected chi connectivity index (χ1v) is 3.82. The molecule has 0 amide bonds. The quantitative estimate of drug-likeness (QED) is 0.674. The molecule has 5 nitrogen and oxygen atoms in total. The molecule has 0 saturated carbocycles. The average Bonchev–Trinajstić information content (AvgIpc) is 2.50. The van der Waals surface area contributed by atoms with Crippen molar-refractivity contribution in [1.82, 2.24) is 15.5 Å². The van der Waals surface area contributed by atoms with Crippen molar-refractivity contribution in [3.63, 3.8) is 0 Å². The minimum Gasteiger partial charge on any atom is -0.384 e. The summed E-state index contributed by atoms with van der Waals surface area (Å²) in [6, 6.07) is 0. The molecule has 1 rings (SSSR count). The molecule has 68 valence electrons. The summed E-state index contributed by atoms with van der Waals surface area (Å²) in [5, 5.41) is 6.69. The molecule has 0 fully saturated rings. The molecule has 0 aliphatic carbocycles. The maximum Gasteiger partial charge on any atom is 0.229 e. The maximum absolute atomic E-state index is 4.94. The first kappa shape index (κ1) is 9.15. The fourth-order valence-corrected chi connectivity index (χ4v) is 0.811. The fraction of sp³-hybridized carbons (Fsp3) is 0.714. The van der Waals surface area contributed by atoms with E-state index in [4.69, 9.17) is 9.26 Å². The van der Waals surface area contributed by atoms with E-state index in [-0.39, 0.29) is 0 Å². The molecule has 0 atom stereocenters. The summed E-state index contributed by atoms with van der Waals surface area (Å²) in [7, 11) is 3.48. The minimum absolute atomic E-state index is 0.612. The number of nitrogens with zero attached hydrogens (tertiary/aromatic N) is 2. The Bertz CT molecular complexity index is 224. The van der Waals surface area contributed by atoms with Crippen molar-refractivity contribution < 1.29 is 9.26 Å². The number of ether oxygens (including phenoxy) is 1. The summed E-state index contributed by atoms with van der Waals surface area (Å²) < 4.78 is 9.81. The van der Waals surface area contributed by atoms with Gasteiger partial charge in [0.05, 0.1) is 19.6 Å². The number of hydrogen-bond acceptors (Lipinski definition) is 5. The minimum atomic E-state index is 0.612. The molecule has 1 aromatic rings. The molecule has 12 heavy (non-hydrogen) atoms. The van der Waals surface area contributed by atoms with E-state index in [9.17, 15) is 0 Å². The molecular weight excluding hydrogens is 158 g/mol. The highest BCUT2D eigenvalue weighted by atomic mass is 16.5. The van der Waals surface area contributed by atoms with Gasteiger partial charge in [-0.25, -0.2) is 0 Å². The highest BCUT2D eigenvalue weighted by Crippen LogP contribution is 1.97. The van der Waals surface area contributed by atoms with Gasteiger partial charge in [-0.3, -0.25) is 0 Å². The lowest BCUT2D eigenvalue weighted by molar-refractivity contribution is 0.192. The highest BCUT2D eigenvalue weighted by Gasteiger charge is 2.03. The Balaban J connectivity index is 2.41. The van der Waals surface area contributed by atoms with Crippen LogP contribution >= 0.6 is 0 Å². The van der Waals surface area contributed by atoms with Crippen LogP contribution < -0.4 is 5.32 Å². The normalized spacial score (nSPS) is 10.5. The Hall–Kier alpha value is -0.940. The van der Waals surface area contributed by atoms with Crippen molar-refractivity contribution in [2.75, 3.05) is 20.8 Å². The van der Waals surface area contributed by atoms with Crippen molar-refractivity contribution in [3.05, 3.63) is 11.7 Å². The molecule has 0 saturated heterocycles. The third kappa shape index (κ3) is 2.60. The third-order valence-electron chi connectivity index (χ3n) is 1.37. The Kier molecular flexibility index (Phi) is 3.69. The van der Waals surface area contributed by atoms with Crippen molar-refractivity contribution in [2.45, 2.75) is 13.0 Å². The largest absolute Gasteiger partial charge is 0.384 e. The molecule has 0 spiro atoms. The zero-order valence-electron chi connectivity index (χ0n) is 7.33. The monoisotopic (exact) mass is 171 g/mol. The van der Waals surface area contributed by atoms with Crippen molar-refractivity contribution in [1.29, 1.82) is 0 Å². The van der Waals surface area contributed by atoms with E-state index in [1.165, 1.54) is 0 Å². The second-order valence-electron chi connectivity index (χ2n) is 2.38. The first-order chi connectivity index (χ1) is 5.86. The van der Waals surface area contributed by atoms with E-state index < -0.39 is 0 Å². The van der Waals surface area contributed by atoms with Gasteiger partial charge in [0.2, 0.25) is 5.89 Å². The molecule has 0 aliphatic rings. The molecule has 5 heteroatoms. The first-order valence-electron chi connectivity index (χ1n) is 3.82. The van der Waals surface area contributed by atoms with Crippen LogP contribution in [0.3, 0.4) is 0 Å². The molecule has 0 unspecified atom stereocenters. The Morgan fingerprint density at radius 3 is 3.08 bits per heavy atom. The lowest BCUT2D eigenvalue weighted by Crippen LogP contribution is -2.06. The van der Waals surface area contributed by atoms with Crippen LogP contribution in [0.15, 0.2) is 4.52 Å². The molecule has 1 aromatic heterocycles. The van der Waals surface area contributed by atoms with Crippen LogP contribution in [0.1, 0.15) is 11.7 Å². The van der Waals surface area contributed by atoms with Gasteiger partial charge in [-0.2, -0.15) is 4.98 Å². The average molecular weight is 171 g/mol. The lowest BCUT2D eigenvalue weighted by Gasteiger charge is -1.90. The van der Waals surface area contributed by atoms with Crippen molar-refractivity contribution in [3.8, 4) is 0 Å². The van der Waals surface area contributed by atoms with Gasteiger partial charge < -0.3 is 14.6 Å². The standard InChI is InChI=1S/C7H13N3O2/c1-8-5-6-9-7(12-10-6)3-4-11-2/h8H,3-5H2,1-2H3. The predicted octanol–water partition coefficient (Wildman–Crippen LogP) is -0.0221. The summed E-state index contributed by atoms with van der Waals surface area (Å²) in [4.78, 5) is 4.12. The van der Waals surface area contributed by atoms with Gasteiger partial charge in [0.25, 0.3) is 0 Å². The molecule has 0 aliphatic heterocycles. The van der Waals surface area contributed by atoms with Crippen LogP contribution in [-0.2, 0) is 17.7 Å². The number of aromatic nitrogens is 2. The zero-order chi connectivity index (χ0) is 8.81. The van der Waals surface area contributed by atoms with Gasteiger partial charge in [0.1, 0.15) is 0 Å². The molecule has 1 heterocycles. The van der Waals surface area contributed by atoms with Crippen LogP contribution in [-0.4, -0.2) is 30.9 Å². The summed E-state index contributed by atoms with van der Waals surface area (Å²) >= 11 is 0. The summed E-state index contributed by atoms with van der Waals surface area (Å²) in [6.07, 6.45) is 0.674. The SMILES string of the molecule is CNCc1noc(CCOC)n1. The Morgan fingerprint density at radius 2 is 2.42 bits per heavy atom. The van der Waals surface area contributed by atoms with Crippen LogP contribution in [0.25, 0.3) is 0 Å². The van der Waals surface area contributed by atoms with E-state index in [0.29, 0.717) is 31.3 Å². The lowest BCUT2D eigenvalue weighted by atomic mass is 10.4. The van der Waals surface area contributed by atoms with Crippen molar-refractivity contribution >= 4 is 0 Å².